The van der Waals surface area contributed by atoms with Gasteiger partial charge >= 0.3 is 0 Å². The highest BCUT2D eigenvalue weighted by Gasteiger charge is 1.85. The molecule has 0 unspecified atom stereocenters. The number of halogens is 1. The number of rotatable bonds is 2. The Morgan fingerprint density at radius 1 is 1.38 bits per heavy atom. The molecular formula is C10H18FNO. The molecule has 0 spiro atoms. The number of ether oxygens (including phenoxy) is 1. The Bertz CT molecular complexity index is 168. The minimum atomic E-state index is 0.500. The summed E-state index contributed by atoms with van der Waals surface area (Å²) in [6.07, 6.45) is 3.54. The summed E-state index contributed by atoms with van der Waals surface area (Å²) >= 11 is 0. The van der Waals surface area contributed by atoms with Crippen molar-refractivity contribution in [2.75, 3.05) is 14.3 Å². The minimum Gasteiger partial charge on any atom is -0.380 e. The molecule has 0 amide bonds. The monoisotopic (exact) mass is 187 g/mol. The van der Waals surface area contributed by atoms with E-state index in [1.807, 2.05) is 26.0 Å². The Morgan fingerprint density at radius 3 is 2.38 bits per heavy atom. The van der Waals surface area contributed by atoms with Gasteiger partial charge in [0.2, 0.25) is 0 Å². The maximum atomic E-state index is 9.50. The highest BCUT2D eigenvalue weighted by molar-refractivity contribution is 5.06. The van der Waals surface area contributed by atoms with Crippen LogP contribution in [0.3, 0.4) is 0 Å². The van der Waals surface area contributed by atoms with Crippen LogP contribution in [-0.4, -0.2) is 19.3 Å². The Labute approximate surface area is 79.8 Å². The Kier molecular flexibility index (Phi) is 15.2. The van der Waals surface area contributed by atoms with Crippen molar-refractivity contribution in [2.24, 2.45) is 0 Å². The van der Waals surface area contributed by atoms with Crippen LogP contribution in [0.2, 0.25) is 0 Å². The van der Waals surface area contributed by atoms with Crippen molar-refractivity contribution in [2.45, 2.75) is 20.5 Å². The SMILES string of the molecule is CC.CF.COCc1cccnc1. The fourth-order valence-electron chi connectivity index (χ4n) is 0.650. The minimum absolute atomic E-state index is 0.500. The quantitative estimate of drug-likeness (QED) is 0.710. The van der Waals surface area contributed by atoms with Crippen LogP contribution < -0.4 is 0 Å². The molecule has 1 rings (SSSR count). The van der Waals surface area contributed by atoms with Gasteiger partial charge < -0.3 is 4.74 Å². The lowest BCUT2D eigenvalue weighted by Gasteiger charge is -1.94. The molecule has 1 heterocycles. The van der Waals surface area contributed by atoms with E-state index >= 15 is 0 Å². The molecule has 0 saturated carbocycles. The number of alkyl halides is 1. The van der Waals surface area contributed by atoms with Gasteiger partial charge in [0.25, 0.3) is 0 Å². The van der Waals surface area contributed by atoms with E-state index in [9.17, 15) is 4.39 Å². The average molecular weight is 187 g/mol. The number of hydrogen-bond donors (Lipinski definition) is 0. The van der Waals surface area contributed by atoms with Gasteiger partial charge in [-0.15, -0.1) is 0 Å². The molecule has 0 aromatic carbocycles. The highest BCUT2D eigenvalue weighted by atomic mass is 19.1. The summed E-state index contributed by atoms with van der Waals surface area (Å²) < 4.78 is 14.4. The molecule has 0 saturated heterocycles. The van der Waals surface area contributed by atoms with Crippen LogP contribution in [-0.2, 0) is 11.3 Å². The molecule has 0 fully saturated rings. The van der Waals surface area contributed by atoms with E-state index in [0.29, 0.717) is 13.8 Å². The largest absolute Gasteiger partial charge is 0.380 e. The molecule has 1 aromatic rings. The van der Waals surface area contributed by atoms with Gasteiger partial charge in [0.15, 0.2) is 0 Å². The van der Waals surface area contributed by atoms with Crippen LogP contribution >= 0.6 is 0 Å². The summed E-state index contributed by atoms with van der Waals surface area (Å²) in [5, 5.41) is 0. The van der Waals surface area contributed by atoms with E-state index in [2.05, 4.69) is 4.98 Å². The number of aromatic nitrogens is 1. The molecule has 0 N–H and O–H groups in total. The van der Waals surface area contributed by atoms with Crippen molar-refractivity contribution >= 4 is 0 Å². The van der Waals surface area contributed by atoms with Gasteiger partial charge in [-0.05, 0) is 11.6 Å². The van der Waals surface area contributed by atoms with Gasteiger partial charge in [0.1, 0.15) is 0 Å². The van der Waals surface area contributed by atoms with Gasteiger partial charge in [-0.2, -0.15) is 0 Å². The maximum absolute atomic E-state index is 9.50. The smallest absolute Gasteiger partial charge is 0.0785 e. The Morgan fingerprint density at radius 2 is 2.00 bits per heavy atom. The molecule has 76 valence electrons. The summed E-state index contributed by atoms with van der Waals surface area (Å²) in [6.45, 7) is 4.65. The normalized spacial score (nSPS) is 7.46. The second kappa shape index (κ2) is 13.6. The van der Waals surface area contributed by atoms with Crippen LogP contribution in [0.5, 0.6) is 0 Å². The molecule has 0 radical (unpaired) electrons. The van der Waals surface area contributed by atoms with Crippen molar-refractivity contribution < 1.29 is 9.13 Å². The van der Waals surface area contributed by atoms with Crippen LogP contribution in [0.25, 0.3) is 0 Å². The molecule has 1 aromatic heterocycles. The van der Waals surface area contributed by atoms with Crippen LogP contribution in [0.4, 0.5) is 4.39 Å². The molecule has 0 bridgehead atoms. The summed E-state index contributed by atoms with van der Waals surface area (Å²) in [7, 11) is 2.17. The molecule has 2 nitrogen and oxygen atoms in total. The number of hydrogen-bond acceptors (Lipinski definition) is 2. The summed E-state index contributed by atoms with van der Waals surface area (Å²) in [6, 6.07) is 3.88. The molecule has 3 heteroatoms. The first-order valence-corrected chi connectivity index (χ1v) is 4.19. The third kappa shape index (κ3) is 8.95. The van der Waals surface area contributed by atoms with Crippen LogP contribution in [0.1, 0.15) is 19.4 Å². The molecule has 0 aliphatic heterocycles. The topological polar surface area (TPSA) is 22.1 Å². The molecule has 13 heavy (non-hydrogen) atoms. The van der Waals surface area contributed by atoms with Gasteiger partial charge in [0.05, 0.1) is 13.8 Å². The number of methoxy groups -OCH3 is 1. The average Bonchev–Trinajstić information content (AvgIpc) is 2.26. The standard InChI is InChI=1S/C7H9NO.C2H6.CH3F/c1-9-6-7-3-2-4-8-5-7;2*1-2/h2-5H,6H2,1H3;1-2H3;1H3. The Balaban J connectivity index is 0. The summed E-state index contributed by atoms with van der Waals surface area (Å²) in [5.41, 5.74) is 1.11. The molecule has 0 aliphatic rings. The predicted molar refractivity (Wildman–Crippen MR) is 53.3 cm³/mol. The van der Waals surface area contributed by atoms with E-state index in [1.54, 1.807) is 19.5 Å². The lowest BCUT2D eigenvalue weighted by Crippen LogP contribution is -1.86. The van der Waals surface area contributed by atoms with E-state index in [1.165, 1.54) is 0 Å². The van der Waals surface area contributed by atoms with Crippen LogP contribution in [0, 0.1) is 0 Å². The number of nitrogens with zero attached hydrogens (tertiary/aromatic N) is 1. The predicted octanol–water partition coefficient (Wildman–Crippen LogP) is 2.84. The third-order valence-corrected chi connectivity index (χ3v) is 1.03. The number of pyridine rings is 1. The lowest BCUT2D eigenvalue weighted by molar-refractivity contribution is 0.184. The molecule has 0 atom stereocenters. The first-order chi connectivity index (χ1) is 6.43. The Hall–Kier alpha value is -0.960. The fourth-order valence-corrected chi connectivity index (χ4v) is 0.650. The maximum Gasteiger partial charge on any atom is 0.0785 e. The first kappa shape index (κ1) is 14.6. The van der Waals surface area contributed by atoms with E-state index in [4.69, 9.17) is 4.74 Å². The zero-order valence-corrected chi connectivity index (χ0v) is 8.75. The van der Waals surface area contributed by atoms with Crippen molar-refractivity contribution in [1.29, 1.82) is 0 Å². The highest BCUT2D eigenvalue weighted by Crippen LogP contribution is 1.95. The van der Waals surface area contributed by atoms with Gasteiger partial charge in [-0.1, -0.05) is 19.9 Å². The van der Waals surface area contributed by atoms with Crippen LogP contribution in [0.15, 0.2) is 24.5 Å². The zero-order chi connectivity index (χ0) is 10.5. The summed E-state index contributed by atoms with van der Waals surface area (Å²) in [5.74, 6) is 0. The van der Waals surface area contributed by atoms with Gasteiger partial charge in [-0.3, -0.25) is 9.37 Å². The summed E-state index contributed by atoms with van der Waals surface area (Å²) in [4.78, 5) is 3.92. The van der Waals surface area contributed by atoms with Gasteiger partial charge in [-0.25, -0.2) is 0 Å². The van der Waals surface area contributed by atoms with E-state index in [-0.39, 0.29) is 0 Å². The second-order valence-corrected chi connectivity index (χ2v) is 1.79. The van der Waals surface area contributed by atoms with E-state index in [0.717, 1.165) is 5.56 Å². The van der Waals surface area contributed by atoms with E-state index < -0.39 is 0 Å². The fraction of sp³-hybridized carbons (Fsp3) is 0.500. The van der Waals surface area contributed by atoms with Crippen molar-refractivity contribution in [3.8, 4) is 0 Å². The first-order valence-electron chi connectivity index (χ1n) is 4.19. The van der Waals surface area contributed by atoms with Crippen molar-refractivity contribution in [1.82, 2.24) is 4.98 Å². The zero-order valence-electron chi connectivity index (χ0n) is 8.75. The van der Waals surface area contributed by atoms with Crippen molar-refractivity contribution in [3.05, 3.63) is 30.1 Å². The lowest BCUT2D eigenvalue weighted by atomic mass is 10.3. The van der Waals surface area contributed by atoms with Crippen molar-refractivity contribution in [3.63, 3.8) is 0 Å². The van der Waals surface area contributed by atoms with Gasteiger partial charge in [0, 0.05) is 19.5 Å². The molecular weight excluding hydrogens is 169 g/mol. The second-order valence-electron chi connectivity index (χ2n) is 1.79. The molecule has 0 aliphatic carbocycles. The third-order valence-electron chi connectivity index (χ3n) is 1.03.